The predicted molar refractivity (Wildman–Crippen MR) is 73.9 cm³/mol. The highest BCUT2D eigenvalue weighted by Crippen LogP contribution is 2.41. The van der Waals surface area contributed by atoms with Crippen LogP contribution in [0.25, 0.3) is 6.08 Å². The van der Waals surface area contributed by atoms with Gasteiger partial charge in [0.2, 0.25) is 5.91 Å². The summed E-state index contributed by atoms with van der Waals surface area (Å²) in [6.07, 6.45) is 2.85. The number of amides is 1. The summed E-state index contributed by atoms with van der Waals surface area (Å²) in [4.78, 5) is 22.2. The molecule has 2 N–H and O–H groups in total. The van der Waals surface area contributed by atoms with Crippen LogP contribution in [-0.4, -0.2) is 30.0 Å². The summed E-state index contributed by atoms with van der Waals surface area (Å²) >= 11 is 0. The van der Waals surface area contributed by atoms with Crippen LogP contribution < -0.4 is 10.6 Å². The van der Waals surface area contributed by atoms with E-state index in [0.717, 1.165) is 13.1 Å². The van der Waals surface area contributed by atoms with E-state index in [-0.39, 0.29) is 17.6 Å². The molecule has 1 aromatic carbocycles. The number of nitrogens with zero attached hydrogens (tertiary/aromatic N) is 1. The van der Waals surface area contributed by atoms with Gasteiger partial charge in [0.1, 0.15) is 0 Å². The highest BCUT2D eigenvalue weighted by atomic mass is 16.6. The molecule has 1 heterocycles. The van der Waals surface area contributed by atoms with Gasteiger partial charge in [0.05, 0.1) is 10.5 Å². The molecule has 2 atom stereocenters. The Morgan fingerprint density at radius 1 is 1.35 bits per heavy atom. The van der Waals surface area contributed by atoms with Crippen molar-refractivity contribution >= 4 is 17.7 Å². The molecule has 1 saturated carbocycles. The fourth-order valence-electron chi connectivity index (χ4n) is 2.81. The number of nitro benzene ring substituents is 1. The lowest BCUT2D eigenvalue weighted by atomic mass is 10.1. The Labute approximate surface area is 116 Å². The first-order chi connectivity index (χ1) is 9.66. The summed E-state index contributed by atoms with van der Waals surface area (Å²) in [5.41, 5.74) is 0.439. The number of rotatable bonds is 4. The van der Waals surface area contributed by atoms with Crippen molar-refractivity contribution in [3.63, 3.8) is 0 Å². The van der Waals surface area contributed by atoms with Gasteiger partial charge in [-0.15, -0.1) is 0 Å². The maximum atomic E-state index is 11.8. The van der Waals surface area contributed by atoms with E-state index in [4.69, 9.17) is 0 Å². The smallest absolute Gasteiger partial charge is 0.276 e. The number of benzene rings is 1. The number of hydrogen-bond acceptors (Lipinski definition) is 4. The lowest BCUT2D eigenvalue weighted by Crippen LogP contribution is -2.31. The van der Waals surface area contributed by atoms with Crippen LogP contribution in [0.1, 0.15) is 5.56 Å². The fraction of sp³-hybridized carbons (Fsp3) is 0.357. The molecule has 2 unspecified atom stereocenters. The molecule has 0 radical (unpaired) electrons. The highest BCUT2D eigenvalue weighted by molar-refractivity contribution is 5.92. The lowest BCUT2D eigenvalue weighted by Gasteiger charge is -2.04. The molecule has 1 saturated heterocycles. The quantitative estimate of drug-likeness (QED) is 0.486. The van der Waals surface area contributed by atoms with Crippen LogP contribution in [0.4, 0.5) is 5.69 Å². The third kappa shape index (κ3) is 2.42. The van der Waals surface area contributed by atoms with Crippen molar-refractivity contribution < 1.29 is 9.72 Å². The summed E-state index contributed by atoms with van der Waals surface area (Å²) in [6, 6.07) is 6.63. The molecule has 2 aliphatic rings. The van der Waals surface area contributed by atoms with E-state index in [1.807, 2.05) is 0 Å². The van der Waals surface area contributed by atoms with Crippen LogP contribution in [0.5, 0.6) is 0 Å². The number of nitro groups is 1. The van der Waals surface area contributed by atoms with Gasteiger partial charge in [-0.25, -0.2) is 0 Å². The molecule has 0 spiro atoms. The normalized spacial score (nSPS) is 27.3. The third-order valence-corrected chi connectivity index (χ3v) is 3.95. The second kappa shape index (κ2) is 5.05. The van der Waals surface area contributed by atoms with Crippen LogP contribution in [0.15, 0.2) is 30.3 Å². The Morgan fingerprint density at radius 3 is 2.75 bits per heavy atom. The number of fused-ring (bicyclic) bond motifs is 1. The average molecular weight is 273 g/mol. The second-order valence-electron chi connectivity index (χ2n) is 5.17. The van der Waals surface area contributed by atoms with Crippen molar-refractivity contribution in [2.45, 2.75) is 6.04 Å². The van der Waals surface area contributed by atoms with Gasteiger partial charge in [-0.3, -0.25) is 14.9 Å². The number of hydrogen-bond donors (Lipinski definition) is 2. The van der Waals surface area contributed by atoms with Crippen LogP contribution >= 0.6 is 0 Å². The molecule has 6 heteroatoms. The molecule has 1 amide bonds. The monoisotopic (exact) mass is 273 g/mol. The van der Waals surface area contributed by atoms with E-state index >= 15 is 0 Å². The van der Waals surface area contributed by atoms with Gasteiger partial charge < -0.3 is 10.6 Å². The largest absolute Gasteiger partial charge is 0.349 e. The number of para-hydroxylation sites is 1. The Morgan fingerprint density at radius 2 is 2.05 bits per heavy atom. The Hall–Kier alpha value is -2.21. The van der Waals surface area contributed by atoms with Gasteiger partial charge in [-0.2, -0.15) is 0 Å². The molecule has 0 aromatic heterocycles. The molecule has 20 heavy (non-hydrogen) atoms. The van der Waals surface area contributed by atoms with Crippen LogP contribution in [-0.2, 0) is 4.79 Å². The molecule has 0 bridgehead atoms. The van der Waals surface area contributed by atoms with Crippen LogP contribution in [0.2, 0.25) is 0 Å². The first-order valence-electron chi connectivity index (χ1n) is 6.59. The van der Waals surface area contributed by atoms with Gasteiger partial charge in [-0.05, 0) is 24.0 Å². The van der Waals surface area contributed by atoms with Crippen LogP contribution in [0.3, 0.4) is 0 Å². The second-order valence-corrected chi connectivity index (χ2v) is 5.17. The van der Waals surface area contributed by atoms with Crippen molar-refractivity contribution in [3.8, 4) is 0 Å². The number of nitrogens with one attached hydrogen (secondary N) is 2. The van der Waals surface area contributed by atoms with E-state index in [0.29, 0.717) is 17.4 Å². The minimum absolute atomic E-state index is 0.00374. The van der Waals surface area contributed by atoms with Gasteiger partial charge >= 0.3 is 0 Å². The third-order valence-electron chi connectivity index (χ3n) is 3.95. The van der Waals surface area contributed by atoms with E-state index in [9.17, 15) is 14.9 Å². The van der Waals surface area contributed by atoms with E-state index in [1.54, 1.807) is 18.2 Å². The molecule has 1 aliphatic carbocycles. The SMILES string of the molecule is O=C(/C=C/c1ccccc1[N+](=O)[O-])NC1C2CNCC21. The molecule has 1 aromatic rings. The Kier molecular flexibility index (Phi) is 3.23. The van der Waals surface area contributed by atoms with Crippen LogP contribution in [0, 0.1) is 22.0 Å². The molecular weight excluding hydrogens is 258 g/mol. The van der Waals surface area contributed by atoms with E-state index in [1.165, 1.54) is 18.2 Å². The summed E-state index contributed by atoms with van der Waals surface area (Å²) < 4.78 is 0. The lowest BCUT2D eigenvalue weighted by molar-refractivity contribution is -0.385. The first-order valence-corrected chi connectivity index (χ1v) is 6.59. The maximum Gasteiger partial charge on any atom is 0.276 e. The first kappa shape index (κ1) is 12.8. The standard InChI is InChI=1S/C14H15N3O3/c18-13(16-14-10-7-15-8-11(10)14)6-5-9-3-1-2-4-12(9)17(19)20/h1-6,10-11,14-15H,7-8H2,(H,16,18)/b6-5+. The zero-order valence-electron chi connectivity index (χ0n) is 10.8. The zero-order valence-corrected chi connectivity index (χ0v) is 10.8. The topological polar surface area (TPSA) is 84.3 Å². The fourth-order valence-corrected chi connectivity index (χ4v) is 2.81. The molecular formula is C14H15N3O3. The highest BCUT2D eigenvalue weighted by Gasteiger charge is 2.53. The van der Waals surface area contributed by atoms with Gasteiger partial charge in [0, 0.05) is 31.3 Å². The molecule has 1 aliphatic heterocycles. The van der Waals surface area contributed by atoms with Crippen molar-refractivity contribution in [3.05, 3.63) is 46.0 Å². The molecule has 104 valence electrons. The number of carbonyl (C=O) groups is 1. The molecule has 3 rings (SSSR count). The minimum atomic E-state index is -0.450. The van der Waals surface area contributed by atoms with Gasteiger partial charge in [0.25, 0.3) is 5.69 Å². The van der Waals surface area contributed by atoms with E-state index in [2.05, 4.69) is 10.6 Å². The van der Waals surface area contributed by atoms with Crippen molar-refractivity contribution in [1.29, 1.82) is 0 Å². The predicted octanol–water partition coefficient (Wildman–Crippen LogP) is 0.942. The minimum Gasteiger partial charge on any atom is -0.349 e. The zero-order chi connectivity index (χ0) is 14.1. The number of piperidine rings is 1. The molecule has 6 nitrogen and oxygen atoms in total. The van der Waals surface area contributed by atoms with Crippen molar-refractivity contribution in [1.82, 2.24) is 10.6 Å². The average Bonchev–Trinajstić information content (AvgIpc) is 2.88. The Balaban J connectivity index is 1.62. The van der Waals surface area contributed by atoms with Crippen molar-refractivity contribution in [2.24, 2.45) is 11.8 Å². The summed E-state index contributed by atoms with van der Waals surface area (Å²) in [7, 11) is 0. The maximum absolute atomic E-state index is 11.8. The van der Waals surface area contributed by atoms with Crippen molar-refractivity contribution in [2.75, 3.05) is 13.1 Å². The number of carbonyl (C=O) groups excluding carboxylic acids is 1. The van der Waals surface area contributed by atoms with Gasteiger partial charge in [0.15, 0.2) is 0 Å². The summed E-state index contributed by atoms with van der Waals surface area (Å²) in [6.45, 7) is 1.92. The summed E-state index contributed by atoms with van der Waals surface area (Å²) in [5.74, 6) is 0.916. The Bertz CT molecular complexity index is 575. The molecule has 2 fully saturated rings. The summed E-state index contributed by atoms with van der Waals surface area (Å²) in [5, 5.41) is 17.0. The van der Waals surface area contributed by atoms with Gasteiger partial charge in [-0.1, -0.05) is 12.1 Å². The van der Waals surface area contributed by atoms with E-state index < -0.39 is 4.92 Å².